The third-order valence-electron chi connectivity index (χ3n) is 3.18. The monoisotopic (exact) mass is 310 g/mol. The summed E-state index contributed by atoms with van der Waals surface area (Å²) in [6.07, 6.45) is 0. The van der Waals surface area contributed by atoms with Crippen LogP contribution in [0.3, 0.4) is 0 Å². The van der Waals surface area contributed by atoms with Gasteiger partial charge in [0.25, 0.3) is 5.91 Å². The van der Waals surface area contributed by atoms with Crippen molar-refractivity contribution in [2.24, 2.45) is 0 Å². The van der Waals surface area contributed by atoms with E-state index in [9.17, 15) is 10.1 Å². The number of anilines is 2. The quantitative estimate of drug-likeness (QED) is 0.872. The van der Waals surface area contributed by atoms with Crippen molar-refractivity contribution in [1.82, 2.24) is 5.32 Å². The molecular weight excluding hydrogens is 292 g/mol. The third kappa shape index (κ3) is 2.72. The average Bonchev–Trinajstić information content (AvgIpc) is 2.73. The minimum atomic E-state index is -0.235. The van der Waals surface area contributed by atoms with Crippen LogP contribution in [0.2, 0.25) is 0 Å². The van der Waals surface area contributed by atoms with E-state index in [0.717, 1.165) is 23.8 Å². The molecule has 1 aromatic rings. The molecule has 5 nitrogen and oxygen atoms in total. The van der Waals surface area contributed by atoms with Gasteiger partial charge in [-0.1, -0.05) is 0 Å². The van der Waals surface area contributed by atoms with E-state index >= 15 is 0 Å². The summed E-state index contributed by atoms with van der Waals surface area (Å²) < 4.78 is 0.136. The summed E-state index contributed by atoms with van der Waals surface area (Å²) in [7, 11) is 1.56. The van der Waals surface area contributed by atoms with Crippen LogP contribution in [-0.2, 0) is 0 Å². The lowest BCUT2D eigenvalue weighted by molar-refractivity contribution is 0.0968. The Bertz CT molecular complexity index is 574. The van der Waals surface area contributed by atoms with Gasteiger partial charge in [-0.05, 0) is 13.8 Å². The number of nitrogens with one attached hydrogen (secondary N) is 1. The van der Waals surface area contributed by atoms with E-state index in [1.165, 1.54) is 11.3 Å². The Morgan fingerprint density at radius 2 is 2.25 bits per heavy atom. The lowest BCUT2D eigenvalue weighted by Crippen LogP contribution is -2.43. The van der Waals surface area contributed by atoms with Gasteiger partial charge in [0.15, 0.2) is 0 Å². The van der Waals surface area contributed by atoms with Crippen molar-refractivity contribution in [1.29, 1.82) is 5.26 Å². The molecule has 1 fully saturated rings. The molecule has 1 saturated heterocycles. The number of thiophene rings is 1. The number of hydrogen-bond donors (Lipinski definition) is 2. The SMILES string of the molecule is CNC(=O)c1sc(N2CCSC(C)(C)C2)c(C#N)c1N. The maximum absolute atomic E-state index is 11.8. The number of thioether (sulfide) groups is 1. The van der Waals surface area contributed by atoms with E-state index in [-0.39, 0.29) is 10.7 Å². The van der Waals surface area contributed by atoms with Crippen LogP contribution < -0.4 is 16.0 Å². The van der Waals surface area contributed by atoms with Crippen molar-refractivity contribution >= 4 is 39.7 Å². The van der Waals surface area contributed by atoms with Gasteiger partial charge < -0.3 is 16.0 Å². The molecule has 0 bridgehead atoms. The molecule has 0 spiro atoms. The maximum atomic E-state index is 11.8. The molecule has 0 unspecified atom stereocenters. The number of rotatable bonds is 2. The molecule has 1 aromatic heterocycles. The molecule has 0 aromatic carbocycles. The van der Waals surface area contributed by atoms with E-state index in [4.69, 9.17) is 5.73 Å². The zero-order chi connectivity index (χ0) is 14.9. The Balaban J connectivity index is 2.42. The van der Waals surface area contributed by atoms with Crippen molar-refractivity contribution in [2.75, 3.05) is 36.5 Å². The second kappa shape index (κ2) is 5.54. The van der Waals surface area contributed by atoms with Gasteiger partial charge in [0, 0.05) is 30.6 Å². The summed E-state index contributed by atoms with van der Waals surface area (Å²) in [6.45, 7) is 6.09. The van der Waals surface area contributed by atoms with Crippen molar-refractivity contribution < 1.29 is 4.79 Å². The van der Waals surface area contributed by atoms with Crippen LogP contribution in [0, 0.1) is 11.3 Å². The lowest BCUT2D eigenvalue weighted by atomic mass is 10.1. The molecule has 1 aliphatic rings. The van der Waals surface area contributed by atoms with Crippen LogP contribution in [-0.4, -0.2) is 36.5 Å². The molecule has 2 heterocycles. The summed E-state index contributed by atoms with van der Waals surface area (Å²) in [5.41, 5.74) is 6.68. The average molecular weight is 310 g/mol. The van der Waals surface area contributed by atoms with Gasteiger partial charge in [0.05, 0.1) is 5.69 Å². The van der Waals surface area contributed by atoms with Gasteiger partial charge in [0.2, 0.25) is 0 Å². The van der Waals surface area contributed by atoms with Crippen LogP contribution in [0.15, 0.2) is 0 Å². The van der Waals surface area contributed by atoms with Gasteiger partial charge in [0.1, 0.15) is 21.5 Å². The number of nitrogen functional groups attached to an aromatic ring is 1. The van der Waals surface area contributed by atoms with E-state index in [2.05, 4.69) is 30.1 Å². The molecule has 0 saturated carbocycles. The highest BCUT2D eigenvalue weighted by Gasteiger charge is 2.31. The smallest absolute Gasteiger partial charge is 0.263 e. The van der Waals surface area contributed by atoms with Crippen LogP contribution >= 0.6 is 23.1 Å². The predicted molar refractivity (Wildman–Crippen MR) is 85.6 cm³/mol. The second-order valence-corrected chi connectivity index (χ2v) is 8.05. The van der Waals surface area contributed by atoms with Crippen LogP contribution in [0.4, 0.5) is 10.7 Å². The van der Waals surface area contributed by atoms with Gasteiger partial charge in [-0.3, -0.25) is 4.79 Å². The first-order valence-corrected chi connectivity index (χ1v) is 8.13. The van der Waals surface area contributed by atoms with Crippen molar-refractivity contribution in [3.63, 3.8) is 0 Å². The standard InChI is InChI=1S/C13H18N4OS2/c1-13(2)7-17(4-5-19-13)12-8(6-14)9(15)10(20-12)11(18)16-3/h4-5,7,15H2,1-3H3,(H,16,18). The Morgan fingerprint density at radius 1 is 1.55 bits per heavy atom. The Labute approximate surface area is 127 Å². The molecule has 108 valence electrons. The van der Waals surface area contributed by atoms with Gasteiger partial charge in [-0.2, -0.15) is 17.0 Å². The fourth-order valence-electron chi connectivity index (χ4n) is 2.23. The lowest BCUT2D eigenvalue weighted by Gasteiger charge is -2.38. The fourth-order valence-corrected chi connectivity index (χ4v) is 4.49. The predicted octanol–water partition coefficient (Wildman–Crippen LogP) is 1.89. The topological polar surface area (TPSA) is 82.2 Å². The summed E-state index contributed by atoms with van der Waals surface area (Å²) in [5, 5.41) is 12.7. The first-order valence-electron chi connectivity index (χ1n) is 6.33. The minimum absolute atomic E-state index is 0.136. The number of hydrogen-bond acceptors (Lipinski definition) is 6. The van der Waals surface area contributed by atoms with Crippen molar-refractivity contribution in [3.05, 3.63) is 10.4 Å². The van der Waals surface area contributed by atoms with Gasteiger partial charge in [-0.15, -0.1) is 11.3 Å². The van der Waals surface area contributed by atoms with Crippen LogP contribution in [0.5, 0.6) is 0 Å². The van der Waals surface area contributed by atoms with Crippen molar-refractivity contribution in [3.8, 4) is 6.07 Å². The largest absolute Gasteiger partial charge is 0.396 e. The second-order valence-electron chi connectivity index (χ2n) is 5.25. The maximum Gasteiger partial charge on any atom is 0.263 e. The van der Waals surface area contributed by atoms with E-state index in [1.807, 2.05) is 11.8 Å². The third-order valence-corrected chi connectivity index (χ3v) is 5.75. The number of amides is 1. The molecule has 3 N–H and O–H groups in total. The summed E-state index contributed by atoms with van der Waals surface area (Å²) in [5.74, 6) is 0.770. The number of nitrogens with zero attached hydrogens (tertiary/aromatic N) is 2. The minimum Gasteiger partial charge on any atom is -0.396 e. The molecule has 2 rings (SSSR count). The highest BCUT2D eigenvalue weighted by molar-refractivity contribution is 8.00. The summed E-state index contributed by atoms with van der Waals surface area (Å²) in [4.78, 5) is 14.4. The van der Waals surface area contributed by atoms with Gasteiger partial charge >= 0.3 is 0 Å². The van der Waals surface area contributed by atoms with Gasteiger partial charge in [-0.25, -0.2) is 0 Å². The molecule has 7 heteroatoms. The Kier molecular flexibility index (Phi) is 4.16. The molecule has 20 heavy (non-hydrogen) atoms. The van der Waals surface area contributed by atoms with Crippen molar-refractivity contribution in [2.45, 2.75) is 18.6 Å². The molecule has 0 atom stereocenters. The summed E-state index contributed by atoms with van der Waals surface area (Å²) in [6, 6.07) is 2.14. The zero-order valence-corrected chi connectivity index (χ0v) is 13.5. The Morgan fingerprint density at radius 3 is 2.80 bits per heavy atom. The summed E-state index contributed by atoms with van der Waals surface area (Å²) >= 11 is 3.23. The highest BCUT2D eigenvalue weighted by Crippen LogP contribution is 2.41. The Hall–Kier alpha value is -1.39. The first kappa shape index (κ1) is 15.0. The highest BCUT2D eigenvalue weighted by atomic mass is 32.2. The van der Waals surface area contributed by atoms with Crippen LogP contribution in [0.25, 0.3) is 0 Å². The fraction of sp³-hybridized carbons (Fsp3) is 0.538. The molecule has 0 radical (unpaired) electrons. The normalized spacial score (nSPS) is 17.6. The first-order chi connectivity index (χ1) is 9.39. The van der Waals surface area contributed by atoms with E-state index in [0.29, 0.717) is 16.1 Å². The number of carbonyl (C=O) groups is 1. The van der Waals surface area contributed by atoms with E-state index in [1.54, 1.807) is 7.05 Å². The zero-order valence-electron chi connectivity index (χ0n) is 11.8. The molecule has 1 amide bonds. The molecular formula is C13H18N4OS2. The number of nitriles is 1. The molecule has 1 aliphatic heterocycles. The van der Waals surface area contributed by atoms with E-state index < -0.39 is 0 Å². The van der Waals surface area contributed by atoms with Crippen LogP contribution in [0.1, 0.15) is 29.1 Å². The molecule has 0 aliphatic carbocycles. The number of nitrogens with two attached hydrogens (primary N) is 1. The number of carbonyl (C=O) groups excluding carboxylic acids is 1.